The van der Waals surface area contributed by atoms with Gasteiger partial charge in [0.05, 0.1) is 19.1 Å². The molecule has 2 aromatic carbocycles. The zero-order chi connectivity index (χ0) is 20.2. The van der Waals surface area contributed by atoms with Gasteiger partial charge in [0.2, 0.25) is 5.91 Å². The van der Waals surface area contributed by atoms with Gasteiger partial charge in [-0.25, -0.2) is 0 Å². The number of amides is 1. The summed E-state index contributed by atoms with van der Waals surface area (Å²) in [6, 6.07) is 19.0. The molecule has 2 aliphatic rings. The SMILES string of the molecule is Cc1cccc(CN2CC[C@@H]3[C@@H](CO[C@H]3CC(=O)N(C)Cc3ccccc3)C2)c1. The minimum Gasteiger partial charge on any atom is -0.377 e. The first-order valence-electron chi connectivity index (χ1n) is 10.8. The smallest absolute Gasteiger partial charge is 0.225 e. The molecule has 3 atom stereocenters. The number of likely N-dealkylation sites (tertiary alicyclic amines) is 1. The molecular formula is C25H32N2O2. The number of ether oxygens (including phenoxy) is 1. The van der Waals surface area contributed by atoms with E-state index in [0.29, 0.717) is 24.8 Å². The van der Waals surface area contributed by atoms with Crippen molar-refractivity contribution in [3.05, 3.63) is 71.3 Å². The van der Waals surface area contributed by atoms with Crippen LogP contribution in [0.4, 0.5) is 0 Å². The maximum absolute atomic E-state index is 12.8. The van der Waals surface area contributed by atoms with Crippen molar-refractivity contribution in [2.75, 3.05) is 26.7 Å². The molecule has 4 nitrogen and oxygen atoms in total. The number of hydrogen-bond donors (Lipinski definition) is 0. The van der Waals surface area contributed by atoms with Crippen LogP contribution in [-0.2, 0) is 22.6 Å². The quantitative estimate of drug-likeness (QED) is 0.748. The van der Waals surface area contributed by atoms with Crippen molar-refractivity contribution >= 4 is 5.91 Å². The second-order valence-electron chi connectivity index (χ2n) is 8.75. The van der Waals surface area contributed by atoms with E-state index in [1.54, 1.807) is 0 Å². The Morgan fingerprint density at radius 3 is 2.72 bits per heavy atom. The zero-order valence-corrected chi connectivity index (χ0v) is 17.6. The summed E-state index contributed by atoms with van der Waals surface area (Å²) in [6.07, 6.45) is 1.70. The van der Waals surface area contributed by atoms with Crippen LogP contribution < -0.4 is 0 Å². The number of nitrogens with zero attached hydrogens (tertiary/aromatic N) is 2. The van der Waals surface area contributed by atoms with Gasteiger partial charge in [0.1, 0.15) is 0 Å². The Hall–Kier alpha value is -2.17. The highest BCUT2D eigenvalue weighted by molar-refractivity contribution is 5.76. The second kappa shape index (κ2) is 9.10. The van der Waals surface area contributed by atoms with E-state index in [9.17, 15) is 4.79 Å². The molecule has 4 rings (SSSR count). The standard InChI is InChI=1S/C25H32N2O2/c1-19-7-6-10-21(13-19)16-27-12-11-23-22(17-27)18-29-24(23)14-25(28)26(2)15-20-8-4-3-5-9-20/h3-10,13,22-24H,11-12,14-18H2,1-2H3/t22-,23-,24+/m1/s1. The van der Waals surface area contributed by atoms with Crippen LogP contribution in [0.15, 0.2) is 54.6 Å². The molecule has 154 valence electrons. The van der Waals surface area contributed by atoms with Gasteiger partial charge >= 0.3 is 0 Å². The molecule has 2 fully saturated rings. The van der Waals surface area contributed by atoms with E-state index >= 15 is 0 Å². The average molecular weight is 393 g/mol. The van der Waals surface area contributed by atoms with Crippen LogP contribution in [0.5, 0.6) is 0 Å². The highest BCUT2D eigenvalue weighted by Crippen LogP contribution is 2.36. The summed E-state index contributed by atoms with van der Waals surface area (Å²) < 4.78 is 6.11. The van der Waals surface area contributed by atoms with Gasteiger partial charge in [0.15, 0.2) is 0 Å². The van der Waals surface area contributed by atoms with E-state index in [4.69, 9.17) is 4.74 Å². The van der Waals surface area contributed by atoms with E-state index in [2.05, 4.69) is 48.2 Å². The van der Waals surface area contributed by atoms with Crippen LogP contribution in [-0.4, -0.2) is 48.6 Å². The summed E-state index contributed by atoms with van der Waals surface area (Å²) in [5.74, 6) is 1.24. The molecule has 0 N–H and O–H groups in total. The van der Waals surface area contributed by atoms with Crippen molar-refractivity contribution < 1.29 is 9.53 Å². The Kier molecular flexibility index (Phi) is 6.31. The highest BCUT2D eigenvalue weighted by atomic mass is 16.5. The minimum atomic E-state index is 0.0758. The van der Waals surface area contributed by atoms with Crippen LogP contribution in [0.2, 0.25) is 0 Å². The predicted molar refractivity (Wildman–Crippen MR) is 115 cm³/mol. The summed E-state index contributed by atoms with van der Waals surface area (Å²) in [7, 11) is 1.90. The first-order chi connectivity index (χ1) is 14.1. The van der Waals surface area contributed by atoms with Crippen LogP contribution in [0.25, 0.3) is 0 Å². The summed E-state index contributed by atoms with van der Waals surface area (Å²) in [6.45, 7) is 6.76. The predicted octanol–water partition coefficient (Wildman–Crippen LogP) is 3.88. The normalized spacial score (nSPS) is 24.3. The Morgan fingerprint density at radius 1 is 1.14 bits per heavy atom. The summed E-state index contributed by atoms with van der Waals surface area (Å²) >= 11 is 0. The topological polar surface area (TPSA) is 32.8 Å². The van der Waals surface area contributed by atoms with Gasteiger partial charge in [-0.2, -0.15) is 0 Å². The van der Waals surface area contributed by atoms with Crippen LogP contribution in [0.1, 0.15) is 29.5 Å². The van der Waals surface area contributed by atoms with Crippen LogP contribution in [0, 0.1) is 18.8 Å². The van der Waals surface area contributed by atoms with Gasteiger partial charge in [-0.3, -0.25) is 9.69 Å². The maximum Gasteiger partial charge on any atom is 0.225 e. The maximum atomic E-state index is 12.8. The zero-order valence-electron chi connectivity index (χ0n) is 17.6. The van der Waals surface area contributed by atoms with Crippen LogP contribution >= 0.6 is 0 Å². The van der Waals surface area contributed by atoms with E-state index in [1.807, 2.05) is 30.1 Å². The van der Waals surface area contributed by atoms with Crippen molar-refractivity contribution in [1.29, 1.82) is 0 Å². The second-order valence-corrected chi connectivity index (χ2v) is 8.75. The number of hydrogen-bond acceptors (Lipinski definition) is 3. The third-order valence-electron chi connectivity index (χ3n) is 6.43. The van der Waals surface area contributed by atoms with E-state index in [1.165, 1.54) is 11.1 Å². The molecule has 0 unspecified atom stereocenters. The number of benzene rings is 2. The lowest BCUT2D eigenvalue weighted by molar-refractivity contribution is -0.133. The Bertz CT molecular complexity index is 823. The van der Waals surface area contributed by atoms with Gasteiger partial charge < -0.3 is 9.64 Å². The number of aryl methyl sites for hydroxylation is 1. The van der Waals surface area contributed by atoms with E-state index < -0.39 is 0 Å². The number of piperidine rings is 1. The molecule has 1 amide bonds. The largest absolute Gasteiger partial charge is 0.377 e. The van der Waals surface area contributed by atoms with Crippen molar-refractivity contribution in [3.8, 4) is 0 Å². The Morgan fingerprint density at radius 2 is 1.93 bits per heavy atom. The molecule has 2 heterocycles. The third-order valence-corrected chi connectivity index (χ3v) is 6.43. The fourth-order valence-electron chi connectivity index (χ4n) is 4.86. The highest BCUT2D eigenvalue weighted by Gasteiger charge is 2.41. The van der Waals surface area contributed by atoms with Gasteiger partial charge in [-0.05, 0) is 36.9 Å². The lowest BCUT2D eigenvalue weighted by Crippen LogP contribution is -2.42. The minimum absolute atomic E-state index is 0.0758. The fraction of sp³-hybridized carbons (Fsp3) is 0.480. The van der Waals surface area contributed by atoms with Crippen molar-refractivity contribution in [2.45, 2.75) is 39.0 Å². The molecule has 0 aromatic heterocycles. The molecule has 0 bridgehead atoms. The first-order valence-corrected chi connectivity index (χ1v) is 10.8. The molecule has 0 aliphatic carbocycles. The number of rotatable bonds is 6. The molecular weight excluding hydrogens is 360 g/mol. The van der Waals surface area contributed by atoms with Crippen molar-refractivity contribution in [2.24, 2.45) is 11.8 Å². The molecule has 0 spiro atoms. The Labute approximate surface area is 174 Å². The molecule has 2 aliphatic heterocycles. The summed E-state index contributed by atoms with van der Waals surface area (Å²) in [5, 5.41) is 0. The monoisotopic (exact) mass is 392 g/mol. The molecule has 2 aromatic rings. The van der Waals surface area contributed by atoms with Crippen molar-refractivity contribution in [1.82, 2.24) is 9.80 Å². The average Bonchev–Trinajstić information content (AvgIpc) is 3.10. The molecule has 29 heavy (non-hydrogen) atoms. The Balaban J connectivity index is 1.28. The summed E-state index contributed by atoms with van der Waals surface area (Å²) in [4.78, 5) is 17.1. The number of fused-ring (bicyclic) bond motifs is 1. The molecule has 4 heteroatoms. The van der Waals surface area contributed by atoms with Gasteiger partial charge in [-0.15, -0.1) is 0 Å². The fourth-order valence-corrected chi connectivity index (χ4v) is 4.86. The third kappa shape index (κ3) is 5.06. The first kappa shape index (κ1) is 20.1. The number of carbonyl (C=O) groups is 1. The molecule has 2 saturated heterocycles. The molecule has 0 radical (unpaired) electrons. The van der Waals surface area contributed by atoms with E-state index in [0.717, 1.165) is 38.2 Å². The van der Waals surface area contributed by atoms with Crippen LogP contribution in [0.3, 0.4) is 0 Å². The van der Waals surface area contributed by atoms with Gasteiger partial charge in [0.25, 0.3) is 0 Å². The summed E-state index contributed by atoms with van der Waals surface area (Å²) in [5.41, 5.74) is 3.87. The number of carbonyl (C=O) groups excluding carboxylic acids is 1. The lowest BCUT2D eigenvalue weighted by Gasteiger charge is -2.35. The lowest BCUT2D eigenvalue weighted by atomic mass is 9.83. The van der Waals surface area contributed by atoms with E-state index in [-0.39, 0.29) is 12.0 Å². The van der Waals surface area contributed by atoms with Gasteiger partial charge in [-0.1, -0.05) is 60.2 Å². The molecule has 0 saturated carbocycles. The van der Waals surface area contributed by atoms with Gasteiger partial charge in [0, 0.05) is 32.6 Å². The van der Waals surface area contributed by atoms with Crippen molar-refractivity contribution in [3.63, 3.8) is 0 Å².